The van der Waals surface area contributed by atoms with Crippen molar-refractivity contribution >= 4 is 11.4 Å². The SMILES string of the molecule is Cc1nc(C(=N)C(C)c2ccc(C(F)(F)F)c(F)c2)c(NCCF)c(=O)[nH]1. The van der Waals surface area contributed by atoms with Gasteiger partial charge in [-0.2, -0.15) is 13.2 Å². The van der Waals surface area contributed by atoms with Crippen molar-refractivity contribution in [1.29, 1.82) is 5.41 Å². The highest BCUT2D eigenvalue weighted by Crippen LogP contribution is 2.33. The highest BCUT2D eigenvalue weighted by Gasteiger charge is 2.34. The molecule has 1 unspecified atom stereocenters. The van der Waals surface area contributed by atoms with E-state index in [1.807, 2.05) is 0 Å². The third-order valence-electron chi connectivity index (χ3n) is 3.92. The van der Waals surface area contributed by atoms with Crippen LogP contribution in [0.3, 0.4) is 0 Å². The average Bonchev–Trinajstić information content (AvgIpc) is 2.58. The zero-order chi connectivity index (χ0) is 20.4. The number of nitrogens with zero attached hydrogens (tertiary/aromatic N) is 1. The minimum Gasteiger partial charge on any atom is -0.376 e. The second kappa shape index (κ2) is 7.85. The van der Waals surface area contributed by atoms with Crippen molar-refractivity contribution in [1.82, 2.24) is 9.97 Å². The molecular formula is C17H17F5N4O. The van der Waals surface area contributed by atoms with Gasteiger partial charge in [-0.15, -0.1) is 0 Å². The number of aryl methyl sites for hydroxylation is 1. The summed E-state index contributed by atoms with van der Waals surface area (Å²) >= 11 is 0. The molecule has 3 N–H and O–H groups in total. The highest BCUT2D eigenvalue weighted by atomic mass is 19.4. The van der Waals surface area contributed by atoms with Crippen LogP contribution >= 0.6 is 0 Å². The van der Waals surface area contributed by atoms with Gasteiger partial charge in [-0.05, 0) is 24.6 Å². The first-order valence-corrected chi connectivity index (χ1v) is 7.92. The molecule has 146 valence electrons. The molecule has 10 heteroatoms. The van der Waals surface area contributed by atoms with E-state index in [0.29, 0.717) is 12.1 Å². The normalized spacial score (nSPS) is 12.7. The van der Waals surface area contributed by atoms with E-state index in [9.17, 15) is 26.7 Å². The van der Waals surface area contributed by atoms with E-state index in [4.69, 9.17) is 5.41 Å². The van der Waals surface area contributed by atoms with Crippen LogP contribution in [0.1, 0.15) is 35.5 Å². The van der Waals surface area contributed by atoms with E-state index in [1.54, 1.807) is 0 Å². The van der Waals surface area contributed by atoms with Crippen molar-refractivity contribution in [3.8, 4) is 0 Å². The van der Waals surface area contributed by atoms with Crippen molar-refractivity contribution in [3.05, 3.63) is 57.0 Å². The molecule has 0 bridgehead atoms. The van der Waals surface area contributed by atoms with Gasteiger partial charge >= 0.3 is 6.18 Å². The number of hydrogen-bond donors (Lipinski definition) is 3. The van der Waals surface area contributed by atoms with Crippen LogP contribution in [0.4, 0.5) is 27.6 Å². The smallest absolute Gasteiger partial charge is 0.376 e. The molecule has 27 heavy (non-hydrogen) atoms. The lowest BCUT2D eigenvalue weighted by atomic mass is 9.92. The second-order valence-corrected chi connectivity index (χ2v) is 5.86. The Morgan fingerprint density at radius 3 is 2.59 bits per heavy atom. The second-order valence-electron chi connectivity index (χ2n) is 5.86. The van der Waals surface area contributed by atoms with Gasteiger partial charge in [0, 0.05) is 12.5 Å². The van der Waals surface area contributed by atoms with Crippen molar-refractivity contribution in [2.24, 2.45) is 0 Å². The molecule has 1 atom stereocenters. The van der Waals surface area contributed by atoms with Gasteiger partial charge in [0.2, 0.25) is 0 Å². The Balaban J connectivity index is 2.43. The molecular weight excluding hydrogens is 371 g/mol. The Bertz CT molecular complexity index is 907. The summed E-state index contributed by atoms with van der Waals surface area (Å²) in [5, 5.41) is 10.8. The third kappa shape index (κ3) is 4.50. The summed E-state index contributed by atoms with van der Waals surface area (Å²) in [4.78, 5) is 18.6. The van der Waals surface area contributed by atoms with Gasteiger partial charge in [-0.1, -0.05) is 13.0 Å². The van der Waals surface area contributed by atoms with Crippen molar-refractivity contribution in [2.75, 3.05) is 18.5 Å². The number of alkyl halides is 4. The van der Waals surface area contributed by atoms with Gasteiger partial charge in [-0.25, -0.2) is 13.8 Å². The number of halogens is 5. The van der Waals surface area contributed by atoms with E-state index in [2.05, 4.69) is 15.3 Å². The molecule has 0 aliphatic rings. The van der Waals surface area contributed by atoms with Gasteiger partial charge in [0.15, 0.2) is 0 Å². The first kappa shape index (κ1) is 20.5. The fourth-order valence-electron chi connectivity index (χ4n) is 2.52. The van der Waals surface area contributed by atoms with E-state index in [0.717, 1.165) is 6.07 Å². The summed E-state index contributed by atoms with van der Waals surface area (Å²) in [5.74, 6) is -2.11. The molecule has 0 saturated heterocycles. The quantitative estimate of drug-likeness (QED) is 0.520. The van der Waals surface area contributed by atoms with Gasteiger partial charge in [0.25, 0.3) is 5.56 Å². The molecule has 2 rings (SSSR count). The number of H-pyrrole nitrogens is 1. The van der Waals surface area contributed by atoms with Crippen LogP contribution in [0.15, 0.2) is 23.0 Å². The molecule has 1 aromatic heterocycles. The number of hydrogen-bond acceptors (Lipinski definition) is 4. The van der Waals surface area contributed by atoms with E-state index in [-0.39, 0.29) is 35.0 Å². The Morgan fingerprint density at radius 2 is 2.04 bits per heavy atom. The summed E-state index contributed by atoms with van der Waals surface area (Å²) in [7, 11) is 0. The first-order chi connectivity index (χ1) is 12.6. The Kier molecular flexibility index (Phi) is 5.97. The molecule has 0 saturated carbocycles. The Morgan fingerprint density at radius 1 is 1.37 bits per heavy atom. The maximum atomic E-state index is 13.8. The number of benzene rings is 1. The van der Waals surface area contributed by atoms with Crippen molar-refractivity contribution < 1.29 is 22.0 Å². The Labute approximate surface area is 151 Å². The van der Waals surface area contributed by atoms with Gasteiger partial charge in [-0.3, -0.25) is 4.79 Å². The third-order valence-corrected chi connectivity index (χ3v) is 3.92. The monoisotopic (exact) mass is 388 g/mol. The van der Waals surface area contributed by atoms with Gasteiger partial charge in [0.05, 0.1) is 11.3 Å². The maximum absolute atomic E-state index is 13.8. The van der Waals surface area contributed by atoms with Crippen LogP contribution in [-0.2, 0) is 6.18 Å². The number of anilines is 1. The van der Waals surface area contributed by atoms with E-state index < -0.39 is 35.7 Å². The van der Waals surface area contributed by atoms with E-state index in [1.165, 1.54) is 13.8 Å². The summed E-state index contributed by atoms with van der Waals surface area (Å²) in [6.45, 7) is 2.01. The lowest BCUT2D eigenvalue weighted by Gasteiger charge is -2.17. The van der Waals surface area contributed by atoms with Crippen LogP contribution in [0.5, 0.6) is 0 Å². The molecule has 0 radical (unpaired) electrons. The molecule has 0 aliphatic carbocycles. The predicted octanol–water partition coefficient (Wildman–Crippen LogP) is 3.79. The van der Waals surface area contributed by atoms with Crippen molar-refractivity contribution in [3.63, 3.8) is 0 Å². The molecule has 0 aliphatic heterocycles. The van der Waals surface area contributed by atoms with Crippen LogP contribution in [0, 0.1) is 18.2 Å². The predicted molar refractivity (Wildman–Crippen MR) is 90.7 cm³/mol. The largest absolute Gasteiger partial charge is 0.419 e. The molecule has 2 aromatic rings. The fraction of sp³-hybridized carbons (Fsp3) is 0.353. The standard InChI is InChI=1S/C17H17F5N4O/c1-8(10-3-4-11(12(19)7-10)17(20,21)22)13(23)14-15(24-6-5-18)16(27)26-9(2)25-14/h3-4,7-8,23-24H,5-6H2,1-2H3,(H,25,26,27). The average molecular weight is 388 g/mol. The van der Waals surface area contributed by atoms with E-state index >= 15 is 0 Å². The van der Waals surface area contributed by atoms with Crippen LogP contribution < -0.4 is 10.9 Å². The minimum atomic E-state index is -4.83. The molecule has 5 nitrogen and oxygen atoms in total. The van der Waals surface area contributed by atoms with Gasteiger partial charge in [0.1, 0.15) is 29.7 Å². The number of nitrogens with one attached hydrogen (secondary N) is 3. The maximum Gasteiger partial charge on any atom is 0.419 e. The number of aromatic amines is 1. The molecule has 1 heterocycles. The highest BCUT2D eigenvalue weighted by molar-refractivity contribution is 6.05. The summed E-state index contributed by atoms with van der Waals surface area (Å²) in [6.07, 6.45) is -4.83. The fourth-order valence-corrected chi connectivity index (χ4v) is 2.52. The first-order valence-electron chi connectivity index (χ1n) is 7.92. The lowest BCUT2D eigenvalue weighted by molar-refractivity contribution is -0.140. The summed E-state index contributed by atoms with van der Waals surface area (Å²) < 4.78 is 64.4. The molecule has 0 spiro atoms. The van der Waals surface area contributed by atoms with Gasteiger partial charge < -0.3 is 15.7 Å². The van der Waals surface area contributed by atoms with Crippen molar-refractivity contribution in [2.45, 2.75) is 25.9 Å². The zero-order valence-corrected chi connectivity index (χ0v) is 14.5. The number of aromatic nitrogens is 2. The van der Waals surface area contributed by atoms with Crippen LogP contribution in [-0.4, -0.2) is 28.9 Å². The molecule has 0 fully saturated rings. The van der Waals surface area contributed by atoms with Crippen LogP contribution in [0.2, 0.25) is 0 Å². The molecule has 1 aromatic carbocycles. The lowest BCUT2D eigenvalue weighted by Crippen LogP contribution is -2.25. The number of rotatable bonds is 6. The minimum absolute atomic E-state index is 0.0718. The van der Waals surface area contributed by atoms with Crippen LogP contribution in [0.25, 0.3) is 0 Å². The summed E-state index contributed by atoms with van der Waals surface area (Å²) in [6, 6.07) is 2.38. The Hall–Kier alpha value is -2.78. The summed E-state index contributed by atoms with van der Waals surface area (Å²) in [5.41, 5.74) is -2.31. The zero-order valence-electron chi connectivity index (χ0n) is 14.5. The topological polar surface area (TPSA) is 81.6 Å². The molecule has 0 amide bonds.